The second-order valence-electron chi connectivity index (χ2n) is 8.69. The molecule has 174 valence electrons. The van der Waals surface area contributed by atoms with Gasteiger partial charge in [-0.3, -0.25) is 9.59 Å². The molecule has 6 nitrogen and oxygen atoms in total. The number of aromatic amines is 1. The Bertz CT molecular complexity index is 1260. The average molecular weight is 455 g/mol. The first-order chi connectivity index (χ1) is 16.5. The first kappa shape index (κ1) is 23.2. The molecule has 1 atom stereocenters. The van der Waals surface area contributed by atoms with Crippen molar-refractivity contribution in [2.24, 2.45) is 0 Å². The molecule has 0 saturated carbocycles. The highest BCUT2D eigenvalue weighted by Gasteiger charge is 2.12. The van der Waals surface area contributed by atoms with Crippen LogP contribution in [0.15, 0.2) is 72.8 Å². The summed E-state index contributed by atoms with van der Waals surface area (Å²) in [5.41, 5.74) is 5.58. The van der Waals surface area contributed by atoms with Crippen molar-refractivity contribution >= 4 is 28.5 Å². The molecule has 0 aliphatic heterocycles. The molecule has 2 amide bonds. The van der Waals surface area contributed by atoms with Crippen LogP contribution in [0.1, 0.15) is 47.6 Å². The zero-order valence-electron chi connectivity index (χ0n) is 19.6. The number of nitrogens with zero attached hydrogens (tertiary/aromatic N) is 1. The minimum Gasteiger partial charge on any atom is -0.350 e. The van der Waals surface area contributed by atoms with Crippen LogP contribution in [0.2, 0.25) is 0 Å². The quantitative estimate of drug-likeness (QED) is 0.330. The van der Waals surface area contributed by atoms with Crippen molar-refractivity contribution in [3.05, 3.63) is 95.3 Å². The lowest BCUT2D eigenvalue weighted by Crippen LogP contribution is -2.32. The van der Waals surface area contributed by atoms with Gasteiger partial charge in [0, 0.05) is 30.6 Å². The van der Waals surface area contributed by atoms with E-state index in [0.717, 1.165) is 48.2 Å². The van der Waals surface area contributed by atoms with Crippen LogP contribution in [0, 0.1) is 0 Å². The molecule has 4 rings (SSSR count). The highest BCUT2D eigenvalue weighted by molar-refractivity contribution is 5.97. The van der Waals surface area contributed by atoms with Gasteiger partial charge in [-0.1, -0.05) is 42.5 Å². The molecule has 0 spiro atoms. The van der Waals surface area contributed by atoms with E-state index in [1.807, 2.05) is 67.6 Å². The molecule has 1 aromatic heterocycles. The molecule has 6 heteroatoms. The zero-order chi connectivity index (χ0) is 23.9. The van der Waals surface area contributed by atoms with E-state index in [1.165, 1.54) is 18.1 Å². The van der Waals surface area contributed by atoms with Gasteiger partial charge in [0.25, 0.3) is 5.91 Å². The number of carbonyl (C=O) groups is 2. The van der Waals surface area contributed by atoms with Gasteiger partial charge in [-0.25, -0.2) is 4.98 Å². The lowest BCUT2D eigenvalue weighted by molar-refractivity contribution is -0.114. The lowest BCUT2D eigenvalue weighted by Gasteiger charge is -2.14. The third-order valence-electron chi connectivity index (χ3n) is 5.80. The maximum absolute atomic E-state index is 12.8. The number of fused-ring (bicyclic) bond motifs is 1. The van der Waals surface area contributed by atoms with E-state index in [1.54, 1.807) is 0 Å². The largest absolute Gasteiger partial charge is 0.350 e. The molecule has 0 saturated heterocycles. The Morgan fingerprint density at radius 3 is 2.38 bits per heavy atom. The summed E-state index contributed by atoms with van der Waals surface area (Å²) >= 11 is 0. The fourth-order valence-corrected chi connectivity index (χ4v) is 3.95. The van der Waals surface area contributed by atoms with Crippen molar-refractivity contribution in [3.8, 4) is 0 Å². The molecular weight excluding hydrogens is 424 g/mol. The number of benzene rings is 3. The Balaban J connectivity index is 1.33. The SMILES string of the molecule is CC(=O)Nc1ccc(CCc2nc3ccc(C(=O)NC(C)CCc4ccccc4)cc3[nH]2)cc1. The van der Waals surface area contributed by atoms with Gasteiger partial charge in [0.1, 0.15) is 5.82 Å². The maximum Gasteiger partial charge on any atom is 0.251 e. The molecule has 4 aromatic rings. The van der Waals surface area contributed by atoms with Crippen LogP contribution < -0.4 is 10.6 Å². The summed E-state index contributed by atoms with van der Waals surface area (Å²) in [5.74, 6) is 0.734. The summed E-state index contributed by atoms with van der Waals surface area (Å²) in [6.45, 7) is 3.54. The molecular formula is C28H30N4O2. The predicted octanol–water partition coefficient (Wildman–Crippen LogP) is 5.06. The smallest absolute Gasteiger partial charge is 0.251 e. The third-order valence-corrected chi connectivity index (χ3v) is 5.80. The highest BCUT2D eigenvalue weighted by atomic mass is 16.2. The van der Waals surface area contributed by atoms with Gasteiger partial charge < -0.3 is 15.6 Å². The molecule has 3 N–H and O–H groups in total. The Labute approximate surface area is 199 Å². The van der Waals surface area contributed by atoms with E-state index in [9.17, 15) is 9.59 Å². The molecule has 0 fully saturated rings. The number of aryl methyl sites for hydroxylation is 3. The number of aromatic nitrogens is 2. The van der Waals surface area contributed by atoms with Crippen molar-refractivity contribution in [2.75, 3.05) is 5.32 Å². The highest BCUT2D eigenvalue weighted by Crippen LogP contribution is 2.17. The van der Waals surface area contributed by atoms with Crippen LogP contribution in [0.5, 0.6) is 0 Å². The number of carbonyl (C=O) groups excluding carboxylic acids is 2. The standard InChI is InChI=1S/C28H30N4O2/c1-19(8-9-21-6-4-3-5-7-21)29-28(34)23-13-16-25-26(18-23)32-27(31-25)17-12-22-10-14-24(15-11-22)30-20(2)33/h3-7,10-11,13-16,18-19H,8-9,12,17H2,1-2H3,(H,29,34)(H,30,33)(H,31,32). The lowest BCUT2D eigenvalue weighted by atomic mass is 10.1. The number of amides is 2. The molecule has 3 aromatic carbocycles. The number of H-pyrrole nitrogens is 1. The summed E-state index contributed by atoms with van der Waals surface area (Å²) in [5, 5.41) is 5.88. The minimum absolute atomic E-state index is 0.0714. The van der Waals surface area contributed by atoms with E-state index in [4.69, 9.17) is 0 Å². The third kappa shape index (κ3) is 6.32. The van der Waals surface area contributed by atoms with E-state index in [0.29, 0.717) is 5.56 Å². The monoisotopic (exact) mass is 454 g/mol. The second kappa shape index (κ2) is 10.8. The van der Waals surface area contributed by atoms with Crippen molar-refractivity contribution < 1.29 is 9.59 Å². The molecule has 0 aliphatic carbocycles. The predicted molar refractivity (Wildman–Crippen MR) is 136 cm³/mol. The van der Waals surface area contributed by atoms with Gasteiger partial charge in [0.2, 0.25) is 5.91 Å². The number of hydrogen-bond acceptors (Lipinski definition) is 3. The molecule has 1 heterocycles. The minimum atomic E-state index is -0.0790. The van der Waals surface area contributed by atoms with Crippen molar-refractivity contribution in [1.29, 1.82) is 0 Å². The zero-order valence-corrected chi connectivity index (χ0v) is 19.6. The van der Waals surface area contributed by atoms with Gasteiger partial charge in [-0.2, -0.15) is 0 Å². The van der Waals surface area contributed by atoms with Crippen LogP contribution in [-0.2, 0) is 24.1 Å². The van der Waals surface area contributed by atoms with Crippen LogP contribution in [0.4, 0.5) is 5.69 Å². The number of nitrogens with one attached hydrogen (secondary N) is 3. The fraction of sp³-hybridized carbons (Fsp3) is 0.250. The van der Waals surface area contributed by atoms with Crippen molar-refractivity contribution in [3.63, 3.8) is 0 Å². The number of anilines is 1. The first-order valence-electron chi connectivity index (χ1n) is 11.7. The summed E-state index contributed by atoms with van der Waals surface area (Å²) < 4.78 is 0. The number of hydrogen-bond donors (Lipinski definition) is 3. The van der Waals surface area contributed by atoms with E-state index in [-0.39, 0.29) is 17.9 Å². The summed E-state index contributed by atoms with van der Waals surface area (Å²) in [7, 11) is 0. The maximum atomic E-state index is 12.8. The van der Waals surface area contributed by atoms with E-state index in [2.05, 4.69) is 32.7 Å². The van der Waals surface area contributed by atoms with Crippen molar-refractivity contribution in [1.82, 2.24) is 15.3 Å². The van der Waals surface area contributed by atoms with E-state index >= 15 is 0 Å². The molecule has 0 aliphatic rings. The van der Waals surface area contributed by atoms with Gasteiger partial charge in [0.05, 0.1) is 11.0 Å². The Hall–Kier alpha value is -3.93. The van der Waals surface area contributed by atoms with Crippen LogP contribution in [0.25, 0.3) is 11.0 Å². The summed E-state index contributed by atoms with van der Waals surface area (Å²) in [6.07, 6.45) is 3.40. The summed E-state index contributed by atoms with van der Waals surface area (Å²) in [4.78, 5) is 31.9. The van der Waals surface area contributed by atoms with Gasteiger partial charge in [-0.05, 0) is 67.6 Å². The van der Waals surface area contributed by atoms with Crippen LogP contribution >= 0.6 is 0 Å². The van der Waals surface area contributed by atoms with Gasteiger partial charge >= 0.3 is 0 Å². The fourth-order valence-electron chi connectivity index (χ4n) is 3.95. The molecule has 1 unspecified atom stereocenters. The van der Waals surface area contributed by atoms with E-state index < -0.39 is 0 Å². The van der Waals surface area contributed by atoms with Crippen molar-refractivity contribution in [2.45, 2.75) is 45.6 Å². The molecule has 34 heavy (non-hydrogen) atoms. The Morgan fingerprint density at radius 1 is 0.912 bits per heavy atom. The normalized spacial score (nSPS) is 11.8. The Morgan fingerprint density at radius 2 is 1.65 bits per heavy atom. The number of imidazole rings is 1. The topological polar surface area (TPSA) is 86.9 Å². The number of rotatable bonds is 9. The van der Waals surface area contributed by atoms with Crippen LogP contribution in [0.3, 0.4) is 0 Å². The second-order valence-corrected chi connectivity index (χ2v) is 8.69. The molecule has 0 radical (unpaired) electrons. The average Bonchev–Trinajstić information content (AvgIpc) is 3.25. The van der Waals surface area contributed by atoms with Gasteiger partial charge in [0.15, 0.2) is 0 Å². The molecule has 0 bridgehead atoms. The van der Waals surface area contributed by atoms with Gasteiger partial charge in [-0.15, -0.1) is 0 Å². The summed E-state index contributed by atoms with van der Waals surface area (Å²) in [6, 6.07) is 23.8. The van der Waals surface area contributed by atoms with Crippen LogP contribution in [-0.4, -0.2) is 27.8 Å². The Kier molecular flexibility index (Phi) is 7.38. The first-order valence-corrected chi connectivity index (χ1v) is 11.7.